The SMILES string of the molecule is O=C([C@@H]1NCCc2[nH]cnc21)N1CCCN(Cc2ccc(F)cc2)CC1. The summed E-state index contributed by atoms with van der Waals surface area (Å²) in [6, 6.07) is 6.31. The van der Waals surface area contributed by atoms with Gasteiger partial charge in [0.05, 0.1) is 12.0 Å². The van der Waals surface area contributed by atoms with Gasteiger partial charge in [-0.05, 0) is 24.1 Å². The maximum Gasteiger partial charge on any atom is 0.246 e. The number of carbonyl (C=O) groups excluding carboxylic acids is 1. The fraction of sp³-hybridized carbons (Fsp3) is 0.474. The Labute approximate surface area is 152 Å². The number of amides is 1. The Morgan fingerprint density at radius 3 is 2.88 bits per heavy atom. The number of hydrogen-bond acceptors (Lipinski definition) is 4. The van der Waals surface area contributed by atoms with Crippen molar-refractivity contribution in [1.29, 1.82) is 0 Å². The summed E-state index contributed by atoms with van der Waals surface area (Å²) in [7, 11) is 0. The Morgan fingerprint density at radius 2 is 2.04 bits per heavy atom. The van der Waals surface area contributed by atoms with Gasteiger partial charge in [0.25, 0.3) is 0 Å². The van der Waals surface area contributed by atoms with Crippen LogP contribution < -0.4 is 5.32 Å². The standard InChI is InChI=1S/C19H24FN5O/c20-15-4-2-14(3-5-15)12-24-8-1-9-25(11-10-24)19(26)18-17-16(6-7-21-18)22-13-23-17/h2-5,13,18,21H,1,6-12H2,(H,22,23)/t18-/m1/s1. The highest BCUT2D eigenvalue weighted by Crippen LogP contribution is 2.22. The van der Waals surface area contributed by atoms with E-state index in [1.807, 2.05) is 17.0 Å². The minimum absolute atomic E-state index is 0.113. The van der Waals surface area contributed by atoms with Crippen LogP contribution in [0.3, 0.4) is 0 Å². The van der Waals surface area contributed by atoms with Gasteiger partial charge in [-0.15, -0.1) is 0 Å². The molecule has 3 heterocycles. The van der Waals surface area contributed by atoms with Crippen LogP contribution >= 0.6 is 0 Å². The Balaban J connectivity index is 1.38. The number of benzene rings is 1. The fourth-order valence-electron chi connectivity index (χ4n) is 3.80. The highest BCUT2D eigenvalue weighted by Gasteiger charge is 2.32. The van der Waals surface area contributed by atoms with Gasteiger partial charge in [-0.2, -0.15) is 0 Å². The van der Waals surface area contributed by atoms with Crippen molar-refractivity contribution < 1.29 is 9.18 Å². The molecule has 26 heavy (non-hydrogen) atoms. The number of nitrogens with zero attached hydrogens (tertiary/aromatic N) is 3. The molecule has 0 bridgehead atoms. The van der Waals surface area contributed by atoms with Gasteiger partial charge in [0, 0.05) is 51.4 Å². The summed E-state index contributed by atoms with van der Waals surface area (Å²) in [6.45, 7) is 4.80. The second kappa shape index (κ2) is 7.55. The van der Waals surface area contributed by atoms with Crippen LogP contribution in [-0.2, 0) is 17.8 Å². The number of carbonyl (C=O) groups is 1. The molecule has 1 atom stereocenters. The van der Waals surface area contributed by atoms with Crippen LogP contribution in [0.1, 0.15) is 29.4 Å². The Kier molecular flexibility index (Phi) is 4.99. The Hall–Kier alpha value is -2.25. The number of fused-ring (bicyclic) bond motifs is 1. The minimum Gasteiger partial charge on any atom is -0.348 e. The maximum atomic E-state index is 13.1. The molecule has 2 aromatic rings. The van der Waals surface area contributed by atoms with E-state index < -0.39 is 0 Å². The number of aromatic nitrogens is 2. The lowest BCUT2D eigenvalue weighted by Crippen LogP contribution is -2.45. The topological polar surface area (TPSA) is 64.3 Å². The number of halogens is 1. The third-order valence-corrected chi connectivity index (χ3v) is 5.22. The van der Waals surface area contributed by atoms with Crippen molar-refractivity contribution in [3.05, 3.63) is 53.4 Å². The molecule has 2 aliphatic heterocycles. The molecule has 4 rings (SSSR count). The van der Waals surface area contributed by atoms with Crippen LogP contribution in [0.15, 0.2) is 30.6 Å². The van der Waals surface area contributed by atoms with E-state index in [1.165, 1.54) is 12.1 Å². The lowest BCUT2D eigenvalue weighted by atomic mass is 10.0. The van der Waals surface area contributed by atoms with E-state index in [4.69, 9.17) is 0 Å². The van der Waals surface area contributed by atoms with Crippen molar-refractivity contribution in [2.75, 3.05) is 32.7 Å². The second-order valence-electron chi connectivity index (χ2n) is 6.98. The first-order valence-corrected chi connectivity index (χ1v) is 9.22. The van der Waals surface area contributed by atoms with Gasteiger partial charge in [-0.25, -0.2) is 9.37 Å². The van der Waals surface area contributed by atoms with E-state index in [9.17, 15) is 9.18 Å². The molecular weight excluding hydrogens is 333 g/mol. The number of H-pyrrole nitrogens is 1. The maximum absolute atomic E-state index is 13.1. The number of nitrogens with one attached hydrogen (secondary N) is 2. The summed E-state index contributed by atoms with van der Waals surface area (Å²) < 4.78 is 13.1. The summed E-state index contributed by atoms with van der Waals surface area (Å²) in [4.78, 5) is 24.8. The first-order valence-electron chi connectivity index (χ1n) is 9.22. The molecule has 0 radical (unpaired) electrons. The summed E-state index contributed by atoms with van der Waals surface area (Å²) in [5, 5.41) is 3.31. The lowest BCUT2D eigenvalue weighted by molar-refractivity contribution is -0.133. The van der Waals surface area contributed by atoms with Gasteiger partial charge >= 0.3 is 0 Å². The van der Waals surface area contributed by atoms with Crippen LogP contribution in [0.4, 0.5) is 4.39 Å². The van der Waals surface area contributed by atoms with Crippen molar-refractivity contribution in [1.82, 2.24) is 25.1 Å². The zero-order valence-corrected chi connectivity index (χ0v) is 14.7. The van der Waals surface area contributed by atoms with Crippen LogP contribution in [0, 0.1) is 5.82 Å². The van der Waals surface area contributed by atoms with Crippen molar-refractivity contribution in [2.24, 2.45) is 0 Å². The molecule has 7 heteroatoms. The number of rotatable bonds is 3. The monoisotopic (exact) mass is 357 g/mol. The molecule has 6 nitrogen and oxygen atoms in total. The van der Waals surface area contributed by atoms with Crippen LogP contribution in [0.25, 0.3) is 0 Å². The molecule has 1 saturated heterocycles. The molecule has 0 spiro atoms. The third-order valence-electron chi connectivity index (χ3n) is 5.22. The van der Waals surface area contributed by atoms with Gasteiger partial charge in [-0.1, -0.05) is 12.1 Å². The molecule has 1 aromatic heterocycles. The van der Waals surface area contributed by atoms with E-state index in [0.29, 0.717) is 6.54 Å². The normalized spacial score (nSPS) is 21.3. The number of hydrogen-bond donors (Lipinski definition) is 2. The lowest BCUT2D eigenvalue weighted by Gasteiger charge is -2.29. The first-order chi connectivity index (χ1) is 12.7. The van der Waals surface area contributed by atoms with Crippen molar-refractivity contribution in [3.63, 3.8) is 0 Å². The predicted octanol–water partition coefficient (Wildman–Crippen LogP) is 1.47. The van der Waals surface area contributed by atoms with Crippen LogP contribution in [0.2, 0.25) is 0 Å². The minimum atomic E-state index is -0.339. The van der Waals surface area contributed by atoms with Gasteiger partial charge in [0.2, 0.25) is 5.91 Å². The zero-order chi connectivity index (χ0) is 17.9. The molecule has 2 N–H and O–H groups in total. The molecule has 0 aliphatic carbocycles. The average Bonchev–Trinajstić information content (AvgIpc) is 3.02. The number of imidazole rings is 1. The second-order valence-corrected chi connectivity index (χ2v) is 6.98. The number of aromatic amines is 1. The predicted molar refractivity (Wildman–Crippen MR) is 95.9 cm³/mol. The van der Waals surface area contributed by atoms with Crippen LogP contribution in [-0.4, -0.2) is 58.4 Å². The van der Waals surface area contributed by atoms with Crippen LogP contribution in [0.5, 0.6) is 0 Å². The van der Waals surface area contributed by atoms with E-state index >= 15 is 0 Å². The van der Waals surface area contributed by atoms with E-state index in [-0.39, 0.29) is 17.8 Å². The Bertz CT molecular complexity index is 760. The summed E-state index contributed by atoms with van der Waals surface area (Å²) >= 11 is 0. The summed E-state index contributed by atoms with van der Waals surface area (Å²) in [6.07, 6.45) is 3.49. The molecule has 0 unspecified atom stereocenters. The largest absolute Gasteiger partial charge is 0.348 e. The van der Waals surface area contributed by atoms with Gasteiger partial charge in [0.1, 0.15) is 11.9 Å². The van der Waals surface area contributed by atoms with Crippen molar-refractivity contribution in [2.45, 2.75) is 25.4 Å². The van der Waals surface area contributed by atoms with Gasteiger partial charge in [-0.3, -0.25) is 9.69 Å². The zero-order valence-electron chi connectivity index (χ0n) is 14.7. The van der Waals surface area contributed by atoms with E-state index in [0.717, 1.165) is 62.5 Å². The highest BCUT2D eigenvalue weighted by atomic mass is 19.1. The van der Waals surface area contributed by atoms with Gasteiger partial charge < -0.3 is 15.2 Å². The molecule has 0 saturated carbocycles. The molecule has 138 valence electrons. The van der Waals surface area contributed by atoms with Gasteiger partial charge in [0.15, 0.2) is 0 Å². The average molecular weight is 357 g/mol. The first kappa shape index (κ1) is 17.2. The quantitative estimate of drug-likeness (QED) is 0.873. The Morgan fingerprint density at radius 1 is 1.19 bits per heavy atom. The third kappa shape index (κ3) is 3.64. The summed E-state index contributed by atoms with van der Waals surface area (Å²) in [5.74, 6) is -0.0965. The van der Waals surface area contributed by atoms with Crippen molar-refractivity contribution >= 4 is 5.91 Å². The summed E-state index contributed by atoms with van der Waals surface area (Å²) in [5.41, 5.74) is 3.00. The molecule has 1 fully saturated rings. The highest BCUT2D eigenvalue weighted by molar-refractivity contribution is 5.83. The molecular formula is C19H24FN5O. The van der Waals surface area contributed by atoms with Crippen molar-refractivity contribution in [3.8, 4) is 0 Å². The smallest absolute Gasteiger partial charge is 0.246 e. The van der Waals surface area contributed by atoms with E-state index in [1.54, 1.807) is 6.33 Å². The fourth-order valence-corrected chi connectivity index (χ4v) is 3.80. The molecule has 1 aromatic carbocycles. The van der Waals surface area contributed by atoms with E-state index in [2.05, 4.69) is 20.2 Å². The molecule has 1 amide bonds. The molecule has 2 aliphatic rings.